The van der Waals surface area contributed by atoms with E-state index in [9.17, 15) is 13.2 Å². The zero-order chi connectivity index (χ0) is 22.9. The number of nitrogens with zero attached hydrogens (tertiary/aromatic N) is 3. The molecule has 8 heteroatoms. The number of benzene rings is 2. The number of rotatable bonds is 5. The van der Waals surface area contributed by atoms with E-state index in [2.05, 4.69) is 34.7 Å². The van der Waals surface area contributed by atoms with Gasteiger partial charge in [0.05, 0.1) is 12.4 Å². The average molecular weight is 478 g/mol. The summed E-state index contributed by atoms with van der Waals surface area (Å²) in [4.78, 5) is 9.25. The van der Waals surface area contributed by atoms with Crippen LogP contribution < -0.4 is 4.90 Å². The number of anilines is 1. The second-order valence-corrected chi connectivity index (χ2v) is 10.0. The summed E-state index contributed by atoms with van der Waals surface area (Å²) < 4.78 is 37.8. The molecule has 0 spiro atoms. The van der Waals surface area contributed by atoms with Gasteiger partial charge in [-0.2, -0.15) is 13.2 Å². The van der Waals surface area contributed by atoms with Gasteiger partial charge in [-0.1, -0.05) is 23.7 Å². The molecule has 3 aromatic rings. The Kier molecular flexibility index (Phi) is 6.43. The molecule has 2 heterocycles. The third-order valence-electron chi connectivity index (χ3n) is 5.55. The molecule has 0 aliphatic carbocycles. The Bertz CT molecular complexity index is 1070. The van der Waals surface area contributed by atoms with Crippen molar-refractivity contribution >= 4 is 29.1 Å². The molecule has 168 valence electrons. The van der Waals surface area contributed by atoms with Crippen molar-refractivity contribution in [3.63, 3.8) is 0 Å². The van der Waals surface area contributed by atoms with Gasteiger partial charge in [0.2, 0.25) is 0 Å². The van der Waals surface area contributed by atoms with Gasteiger partial charge in [0.25, 0.3) is 0 Å². The minimum absolute atomic E-state index is 0.0879. The van der Waals surface area contributed by atoms with Crippen molar-refractivity contribution < 1.29 is 13.2 Å². The molecular formula is C24H23ClF3N3S. The number of aromatic nitrogens is 1. The summed E-state index contributed by atoms with van der Waals surface area (Å²) in [6.07, 6.45) is 1.82. The van der Waals surface area contributed by atoms with E-state index < -0.39 is 5.51 Å². The number of hydrogen-bond acceptors (Lipinski definition) is 4. The van der Waals surface area contributed by atoms with Crippen LogP contribution in [0, 0.1) is 0 Å². The number of alkyl halides is 3. The fourth-order valence-electron chi connectivity index (χ4n) is 3.88. The highest BCUT2D eigenvalue weighted by Crippen LogP contribution is 2.38. The lowest BCUT2D eigenvalue weighted by Gasteiger charge is -2.29. The Balaban J connectivity index is 1.47. The first-order valence-corrected chi connectivity index (χ1v) is 11.4. The lowest BCUT2D eigenvalue weighted by atomic mass is 10.0. The fraction of sp³-hybridized carbons (Fsp3) is 0.292. The zero-order valence-corrected chi connectivity index (χ0v) is 19.3. The van der Waals surface area contributed by atoms with Gasteiger partial charge in [-0.05, 0) is 79.7 Å². The molecule has 1 aliphatic rings. The fourth-order valence-corrected chi connectivity index (χ4v) is 4.55. The average Bonchev–Trinajstić information content (AvgIpc) is 3.02. The molecular weight excluding hydrogens is 455 g/mol. The summed E-state index contributed by atoms with van der Waals surface area (Å²) >= 11 is 5.91. The highest BCUT2D eigenvalue weighted by atomic mass is 35.5. The molecule has 0 radical (unpaired) electrons. The summed E-state index contributed by atoms with van der Waals surface area (Å²) in [6, 6.07) is 18.3. The Morgan fingerprint density at radius 2 is 1.72 bits per heavy atom. The van der Waals surface area contributed by atoms with Crippen molar-refractivity contribution in [1.29, 1.82) is 0 Å². The number of halogens is 4. The maximum atomic E-state index is 12.6. The molecule has 0 N–H and O–H groups in total. The van der Waals surface area contributed by atoms with Crippen molar-refractivity contribution in [3.8, 4) is 11.3 Å². The van der Waals surface area contributed by atoms with Crippen molar-refractivity contribution in [1.82, 2.24) is 9.88 Å². The largest absolute Gasteiger partial charge is 0.446 e. The Hall–Kier alpha value is -2.22. The molecule has 0 saturated carbocycles. The zero-order valence-electron chi connectivity index (χ0n) is 17.7. The predicted octanol–water partition coefficient (Wildman–Crippen LogP) is 7.07. The molecule has 0 unspecified atom stereocenters. The van der Waals surface area contributed by atoms with Crippen molar-refractivity contribution in [2.24, 2.45) is 0 Å². The lowest BCUT2D eigenvalue weighted by Crippen LogP contribution is -2.39. The number of pyridine rings is 1. The van der Waals surface area contributed by atoms with Gasteiger partial charge >= 0.3 is 5.51 Å². The first kappa shape index (κ1) is 23.0. The van der Waals surface area contributed by atoms with Crippen molar-refractivity contribution in [2.75, 3.05) is 18.1 Å². The van der Waals surface area contributed by atoms with Crippen LogP contribution in [0.25, 0.3) is 11.3 Å². The smallest absolute Gasteiger partial charge is 0.357 e. The molecule has 1 saturated heterocycles. The van der Waals surface area contributed by atoms with Crippen LogP contribution in [0.5, 0.6) is 0 Å². The molecule has 0 bridgehead atoms. The van der Waals surface area contributed by atoms with Gasteiger partial charge in [-0.25, -0.2) is 0 Å². The predicted molar refractivity (Wildman–Crippen MR) is 125 cm³/mol. The highest BCUT2D eigenvalue weighted by molar-refractivity contribution is 8.00. The first-order valence-electron chi connectivity index (χ1n) is 10.2. The van der Waals surface area contributed by atoms with Crippen LogP contribution in [0.15, 0.2) is 71.8 Å². The molecule has 1 fully saturated rings. The standard InChI is InChI=1S/C24H23ClF3N3S/c1-23(2)15-30(20-7-9-21(10-8-20)32-24(26,27)28)16-31(23)14-17-11-12-29-22(13-17)18-3-5-19(25)6-4-18/h3-13H,14-16H2,1-2H3. The van der Waals surface area contributed by atoms with Crippen LogP contribution in [-0.4, -0.2) is 34.1 Å². The molecule has 1 aliphatic heterocycles. The van der Waals surface area contributed by atoms with E-state index in [0.29, 0.717) is 11.7 Å². The molecule has 0 atom stereocenters. The number of hydrogen-bond donors (Lipinski definition) is 0. The SMILES string of the molecule is CC1(C)CN(c2ccc(SC(F)(F)F)cc2)CN1Cc1ccnc(-c2ccc(Cl)cc2)c1. The van der Waals surface area contributed by atoms with Crippen LogP contribution in [0.1, 0.15) is 19.4 Å². The van der Waals surface area contributed by atoms with Crippen LogP contribution in [0.4, 0.5) is 18.9 Å². The Labute approximate surface area is 195 Å². The van der Waals surface area contributed by atoms with E-state index in [-0.39, 0.29) is 22.2 Å². The van der Waals surface area contributed by atoms with Gasteiger partial charge in [0.1, 0.15) is 0 Å². The van der Waals surface area contributed by atoms with E-state index in [1.807, 2.05) is 36.5 Å². The summed E-state index contributed by atoms with van der Waals surface area (Å²) in [5.41, 5.74) is -0.395. The molecule has 1 aromatic heterocycles. The summed E-state index contributed by atoms with van der Waals surface area (Å²) in [6.45, 7) is 6.59. The van der Waals surface area contributed by atoms with Gasteiger partial charge in [-0.15, -0.1) is 0 Å². The molecule has 4 rings (SSSR count). The minimum atomic E-state index is -4.27. The van der Waals surface area contributed by atoms with Gasteiger partial charge in [-0.3, -0.25) is 9.88 Å². The second-order valence-electron chi connectivity index (χ2n) is 8.45. The topological polar surface area (TPSA) is 19.4 Å². The second kappa shape index (κ2) is 8.96. The third-order valence-corrected chi connectivity index (χ3v) is 6.54. The summed E-state index contributed by atoms with van der Waals surface area (Å²) in [7, 11) is 0. The monoisotopic (exact) mass is 477 g/mol. The molecule has 2 aromatic carbocycles. The van der Waals surface area contributed by atoms with Crippen molar-refractivity contribution in [2.45, 2.75) is 36.3 Å². The van der Waals surface area contributed by atoms with E-state index in [4.69, 9.17) is 11.6 Å². The lowest BCUT2D eigenvalue weighted by molar-refractivity contribution is -0.0328. The van der Waals surface area contributed by atoms with E-state index in [0.717, 1.165) is 35.6 Å². The molecule has 0 amide bonds. The maximum Gasteiger partial charge on any atom is 0.446 e. The van der Waals surface area contributed by atoms with Gasteiger partial charge in [0.15, 0.2) is 0 Å². The third kappa shape index (κ3) is 5.57. The van der Waals surface area contributed by atoms with Gasteiger partial charge < -0.3 is 4.90 Å². The van der Waals surface area contributed by atoms with Crippen molar-refractivity contribution in [3.05, 3.63) is 77.4 Å². The molecule has 3 nitrogen and oxygen atoms in total. The van der Waals surface area contributed by atoms with E-state index in [1.54, 1.807) is 12.1 Å². The summed E-state index contributed by atoms with van der Waals surface area (Å²) in [5, 5.41) is 0.689. The van der Waals surface area contributed by atoms with Crippen LogP contribution in [0.2, 0.25) is 5.02 Å². The number of thioether (sulfide) groups is 1. The Morgan fingerprint density at radius 1 is 1.03 bits per heavy atom. The molecule has 32 heavy (non-hydrogen) atoms. The van der Waals surface area contributed by atoms with E-state index in [1.165, 1.54) is 12.1 Å². The first-order chi connectivity index (χ1) is 15.1. The van der Waals surface area contributed by atoms with Crippen LogP contribution in [0.3, 0.4) is 0 Å². The quantitative estimate of drug-likeness (QED) is 0.366. The van der Waals surface area contributed by atoms with Crippen LogP contribution >= 0.6 is 23.4 Å². The summed E-state index contributed by atoms with van der Waals surface area (Å²) in [5.74, 6) is 0. The van der Waals surface area contributed by atoms with Gasteiger partial charge in [0, 0.05) is 46.0 Å². The maximum absolute atomic E-state index is 12.6. The highest BCUT2D eigenvalue weighted by Gasteiger charge is 2.37. The van der Waals surface area contributed by atoms with E-state index >= 15 is 0 Å². The normalized spacial score (nSPS) is 16.5. The minimum Gasteiger partial charge on any atom is -0.357 e. The van der Waals surface area contributed by atoms with Crippen LogP contribution in [-0.2, 0) is 6.54 Å². The Morgan fingerprint density at radius 3 is 2.38 bits per heavy atom.